The second-order valence-corrected chi connectivity index (χ2v) is 10.6. The van der Waals surface area contributed by atoms with Gasteiger partial charge in [0.2, 0.25) is 0 Å². The van der Waals surface area contributed by atoms with Crippen LogP contribution in [0.15, 0.2) is 48.5 Å². The minimum atomic E-state index is -1.02. The molecule has 3 N–H and O–H groups in total. The van der Waals surface area contributed by atoms with E-state index < -0.39 is 18.2 Å². The summed E-state index contributed by atoms with van der Waals surface area (Å²) in [5.41, 5.74) is 3.00. The van der Waals surface area contributed by atoms with E-state index in [2.05, 4.69) is 6.92 Å². The summed E-state index contributed by atoms with van der Waals surface area (Å²) < 4.78 is 5.32. The van der Waals surface area contributed by atoms with Crippen molar-refractivity contribution >= 4 is 17.6 Å². The number of aliphatic hydroxyl groups is 2. The van der Waals surface area contributed by atoms with Crippen LogP contribution in [0.25, 0.3) is 0 Å². The molecule has 5 atom stereocenters. The van der Waals surface area contributed by atoms with E-state index in [9.17, 15) is 15.0 Å². The number of rotatable bonds is 10. The maximum atomic E-state index is 11.1. The average Bonchev–Trinajstić information content (AvgIpc) is 3.07. The van der Waals surface area contributed by atoms with Crippen LogP contribution in [0.1, 0.15) is 74.2 Å². The lowest BCUT2D eigenvalue weighted by molar-refractivity contribution is -0.139. The molecular weight excluding hydrogens is 452 g/mol. The van der Waals surface area contributed by atoms with Gasteiger partial charge in [0, 0.05) is 16.7 Å². The molecule has 2 fully saturated rings. The van der Waals surface area contributed by atoms with Crippen LogP contribution >= 0.6 is 11.6 Å². The summed E-state index contributed by atoms with van der Waals surface area (Å²) in [5, 5.41) is 30.7. The zero-order chi connectivity index (χ0) is 24.3. The summed E-state index contributed by atoms with van der Waals surface area (Å²) in [4.78, 5) is 10.8. The first kappa shape index (κ1) is 25.0. The number of aliphatic carboxylic acids is 1. The summed E-state index contributed by atoms with van der Waals surface area (Å²) in [6, 6.07) is 15.5. The van der Waals surface area contributed by atoms with E-state index in [-0.39, 0.29) is 29.2 Å². The summed E-state index contributed by atoms with van der Waals surface area (Å²) in [6.07, 6.45) is 5.66. The van der Waals surface area contributed by atoms with Gasteiger partial charge in [0.1, 0.15) is 5.75 Å². The Morgan fingerprint density at radius 2 is 1.94 bits per heavy atom. The molecule has 0 spiro atoms. The number of halogens is 1. The summed E-state index contributed by atoms with van der Waals surface area (Å²) in [5.74, 6) is -0.584. The maximum absolute atomic E-state index is 11.1. The highest BCUT2D eigenvalue weighted by Gasteiger charge is 2.44. The van der Waals surface area contributed by atoms with Crippen molar-refractivity contribution in [2.24, 2.45) is 11.3 Å². The third-order valence-corrected chi connectivity index (χ3v) is 8.36. The Morgan fingerprint density at radius 3 is 2.56 bits per heavy atom. The van der Waals surface area contributed by atoms with Crippen LogP contribution in [0.2, 0.25) is 0 Å². The Bertz CT molecular complexity index is 971. The topological polar surface area (TPSA) is 87.0 Å². The van der Waals surface area contributed by atoms with Crippen molar-refractivity contribution in [2.45, 2.75) is 75.4 Å². The molecule has 0 aromatic heterocycles. The zero-order valence-electron chi connectivity index (χ0n) is 19.7. The molecular formula is C28H35ClO5. The molecule has 5 unspecified atom stereocenters. The number of hydrogen-bond donors (Lipinski definition) is 3. The highest BCUT2D eigenvalue weighted by atomic mass is 35.5. The maximum Gasteiger partial charge on any atom is 0.341 e. The van der Waals surface area contributed by atoms with E-state index in [1.165, 1.54) is 6.42 Å². The lowest BCUT2D eigenvalue weighted by Crippen LogP contribution is -2.36. The van der Waals surface area contributed by atoms with Gasteiger partial charge in [-0.05, 0) is 66.8 Å². The van der Waals surface area contributed by atoms with Crippen molar-refractivity contribution in [3.8, 4) is 5.75 Å². The molecule has 6 heteroatoms. The Balaban J connectivity index is 1.50. The number of carboxylic acid groups (broad SMARTS) is 1. The molecule has 2 aromatic carbocycles. The van der Waals surface area contributed by atoms with E-state index >= 15 is 0 Å². The van der Waals surface area contributed by atoms with Gasteiger partial charge in [0.25, 0.3) is 0 Å². The predicted octanol–water partition coefficient (Wildman–Crippen LogP) is 5.47. The normalized spacial score (nSPS) is 26.6. The van der Waals surface area contributed by atoms with E-state index in [0.717, 1.165) is 42.4 Å². The Morgan fingerprint density at radius 1 is 1.21 bits per heavy atom. The molecule has 184 valence electrons. The first-order chi connectivity index (χ1) is 16.3. The van der Waals surface area contributed by atoms with Crippen molar-refractivity contribution in [3.05, 3.63) is 65.2 Å². The fraction of sp³-hybridized carbons (Fsp3) is 0.536. The summed E-state index contributed by atoms with van der Waals surface area (Å²) >= 11 is 6.70. The van der Waals surface area contributed by atoms with Gasteiger partial charge >= 0.3 is 5.97 Å². The summed E-state index contributed by atoms with van der Waals surface area (Å²) in [7, 11) is 0. The van der Waals surface area contributed by atoms with E-state index in [0.29, 0.717) is 18.6 Å². The lowest BCUT2D eigenvalue weighted by atomic mass is 9.61. The molecule has 34 heavy (non-hydrogen) atoms. The van der Waals surface area contributed by atoms with Crippen molar-refractivity contribution in [1.82, 2.24) is 0 Å². The van der Waals surface area contributed by atoms with Crippen molar-refractivity contribution < 1.29 is 24.9 Å². The Hall–Kier alpha value is -2.08. The number of hydrogen-bond acceptors (Lipinski definition) is 4. The zero-order valence-corrected chi connectivity index (χ0v) is 20.5. The van der Waals surface area contributed by atoms with E-state index in [1.54, 1.807) is 6.07 Å². The minimum Gasteiger partial charge on any atom is -0.482 e. The van der Waals surface area contributed by atoms with Crippen molar-refractivity contribution in [3.63, 3.8) is 0 Å². The number of benzene rings is 2. The molecule has 2 aliphatic rings. The molecule has 2 saturated carbocycles. The van der Waals surface area contributed by atoms with Gasteiger partial charge < -0.3 is 20.1 Å². The number of ether oxygens (including phenoxy) is 1. The fourth-order valence-electron chi connectivity index (χ4n) is 6.01. The SMILES string of the molecule is CCCC1(C(O)c2ccc(C3C(O)CC(Cl)C3Cc3cccc(OCC(=O)O)c3)cc2)CCC1. The first-order valence-electron chi connectivity index (χ1n) is 12.4. The van der Waals surface area contributed by atoms with Crippen LogP contribution in [-0.2, 0) is 11.2 Å². The molecule has 2 aromatic rings. The second kappa shape index (κ2) is 10.7. The molecule has 0 amide bonds. The molecule has 0 aliphatic heterocycles. The molecule has 5 nitrogen and oxygen atoms in total. The van der Waals surface area contributed by atoms with Crippen molar-refractivity contribution in [2.75, 3.05) is 6.61 Å². The van der Waals surface area contributed by atoms with Gasteiger partial charge in [-0.25, -0.2) is 4.79 Å². The predicted molar refractivity (Wildman–Crippen MR) is 132 cm³/mol. The van der Waals surface area contributed by atoms with Gasteiger partial charge in [-0.3, -0.25) is 0 Å². The van der Waals surface area contributed by atoms with Gasteiger partial charge in [0.15, 0.2) is 6.61 Å². The van der Waals surface area contributed by atoms with Crippen LogP contribution < -0.4 is 4.74 Å². The minimum absolute atomic E-state index is 0.0145. The van der Waals surface area contributed by atoms with Crippen LogP contribution in [-0.4, -0.2) is 39.4 Å². The monoisotopic (exact) mass is 486 g/mol. The van der Waals surface area contributed by atoms with Crippen LogP contribution in [0.5, 0.6) is 5.75 Å². The first-order valence-corrected chi connectivity index (χ1v) is 12.8. The lowest BCUT2D eigenvalue weighted by Gasteiger charge is -2.46. The van der Waals surface area contributed by atoms with Gasteiger partial charge in [-0.15, -0.1) is 11.6 Å². The van der Waals surface area contributed by atoms with E-state index in [1.807, 2.05) is 42.5 Å². The molecule has 0 radical (unpaired) electrons. The molecule has 0 heterocycles. The molecule has 0 saturated heterocycles. The van der Waals surface area contributed by atoms with Crippen LogP contribution in [0.3, 0.4) is 0 Å². The third-order valence-electron chi connectivity index (χ3n) is 7.85. The Kier molecular flexibility index (Phi) is 7.86. The molecule has 2 aliphatic carbocycles. The number of carboxylic acids is 1. The Labute approximate surface area is 206 Å². The molecule has 4 rings (SSSR count). The largest absolute Gasteiger partial charge is 0.482 e. The van der Waals surface area contributed by atoms with Gasteiger partial charge in [-0.1, -0.05) is 56.2 Å². The number of aliphatic hydroxyl groups excluding tert-OH is 2. The average molecular weight is 487 g/mol. The van der Waals surface area contributed by atoms with Crippen molar-refractivity contribution in [1.29, 1.82) is 0 Å². The number of alkyl halides is 1. The van der Waals surface area contributed by atoms with Crippen LogP contribution in [0.4, 0.5) is 0 Å². The van der Waals surface area contributed by atoms with Gasteiger partial charge in [-0.2, -0.15) is 0 Å². The standard InChI is InChI=1S/C28H35ClO5/c1-2-11-28(12-4-13-28)27(33)20-9-7-19(8-10-20)26-22(23(29)16-24(26)30)15-18-5-3-6-21(14-18)34-17-25(31)32/h3,5-10,14,22-24,26-27,30,33H,2,4,11-13,15-17H2,1H3,(H,31,32). The number of carbonyl (C=O) groups is 1. The quantitative estimate of drug-likeness (QED) is 0.388. The molecule has 0 bridgehead atoms. The van der Waals surface area contributed by atoms with E-state index in [4.69, 9.17) is 21.4 Å². The summed E-state index contributed by atoms with van der Waals surface area (Å²) in [6.45, 7) is 1.79. The second-order valence-electron chi connectivity index (χ2n) is 10.1. The highest BCUT2D eigenvalue weighted by Crippen LogP contribution is 2.53. The van der Waals surface area contributed by atoms with Gasteiger partial charge in [0.05, 0.1) is 12.2 Å². The van der Waals surface area contributed by atoms with Crippen LogP contribution in [0, 0.1) is 11.3 Å². The highest BCUT2D eigenvalue weighted by molar-refractivity contribution is 6.21. The fourth-order valence-corrected chi connectivity index (χ4v) is 6.44. The third kappa shape index (κ3) is 5.27. The smallest absolute Gasteiger partial charge is 0.341 e.